The van der Waals surface area contributed by atoms with Gasteiger partial charge in [-0.25, -0.2) is 4.98 Å². The third-order valence-electron chi connectivity index (χ3n) is 3.62. The zero-order valence-electron chi connectivity index (χ0n) is 15.0. The number of ether oxygens (including phenoxy) is 1. The van der Waals surface area contributed by atoms with Crippen LogP contribution in [0.5, 0.6) is 5.88 Å². The Morgan fingerprint density at radius 3 is 2.46 bits per heavy atom. The highest BCUT2D eigenvalue weighted by Gasteiger charge is 2.07. The van der Waals surface area contributed by atoms with Gasteiger partial charge in [0.15, 0.2) is 0 Å². The molecule has 3 aromatic rings. The molecule has 0 spiro atoms. The molecule has 0 radical (unpaired) electrons. The van der Waals surface area contributed by atoms with Crippen LogP contribution >= 0.6 is 0 Å². The Labute approximate surface area is 153 Å². The van der Waals surface area contributed by atoms with E-state index >= 15 is 0 Å². The van der Waals surface area contributed by atoms with Crippen molar-refractivity contribution in [3.63, 3.8) is 0 Å². The monoisotopic (exact) mass is 349 g/mol. The van der Waals surface area contributed by atoms with Crippen molar-refractivity contribution >= 4 is 11.4 Å². The van der Waals surface area contributed by atoms with Crippen LogP contribution in [-0.2, 0) is 0 Å². The maximum atomic E-state index is 5.60. The van der Waals surface area contributed by atoms with Gasteiger partial charge in [0, 0.05) is 55.2 Å². The van der Waals surface area contributed by atoms with Crippen molar-refractivity contribution < 1.29 is 4.74 Å². The fourth-order valence-corrected chi connectivity index (χ4v) is 2.48. The predicted molar refractivity (Wildman–Crippen MR) is 104 cm³/mol. The Hall–Kier alpha value is -3.15. The summed E-state index contributed by atoms with van der Waals surface area (Å²) < 4.78 is 5.60. The lowest BCUT2D eigenvalue weighted by atomic mass is 10.1. The fraction of sp³-hybridized carbons (Fsp3) is 0.250. The van der Waals surface area contributed by atoms with Crippen molar-refractivity contribution in [2.45, 2.75) is 20.0 Å². The minimum atomic E-state index is 0.105. The molecule has 0 saturated heterocycles. The first-order valence-corrected chi connectivity index (χ1v) is 8.68. The smallest absolute Gasteiger partial charge is 0.213 e. The van der Waals surface area contributed by atoms with Gasteiger partial charge in [0.1, 0.15) is 0 Å². The number of pyridine rings is 3. The molecular weight excluding hydrogens is 326 g/mol. The van der Waals surface area contributed by atoms with Gasteiger partial charge in [-0.2, -0.15) is 0 Å². The lowest BCUT2D eigenvalue weighted by Gasteiger charge is -2.13. The average molecular weight is 349 g/mol. The molecule has 0 aliphatic heterocycles. The lowest BCUT2D eigenvalue weighted by Crippen LogP contribution is -2.14. The summed E-state index contributed by atoms with van der Waals surface area (Å²) in [5.74, 6) is 0.621. The zero-order valence-corrected chi connectivity index (χ0v) is 15.0. The van der Waals surface area contributed by atoms with Crippen molar-refractivity contribution in [3.05, 3.63) is 61.2 Å². The number of anilines is 2. The molecule has 0 aromatic carbocycles. The minimum Gasteiger partial charge on any atom is -0.475 e. The lowest BCUT2D eigenvalue weighted by molar-refractivity contribution is 0.232. The Morgan fingerprint density at radius 2 is 1.73 bits per heavy atom. The van der Waals surface area contributed by atoms with E-state index in [1.54, 1.807) is 24.8 Å². The number of rotatable bonds is 8. The fourth-order valence-electron chi connectivity index (χ4n) is 2.48. The molecule has 3 aromatic heterocycles. The standard InChI is InChI=1S/C20H23N5O/c1-15(2)26-19-6-5-16(14-25-19)20-18(4-3-9-24-20)23-13-12-22-17-7-10-21-11-8-17/h3-11,14-15,23H,12-13H2,1-2H3,(H,21,22). The molecule has 0 aliphatic carbocycles. The molecular formula is C20H23N5O. The third-order valence-corrected chi connectivity index (χ3v) is 3.62. The molecule has 2 N–H and O–H groups in total. The first-order valence-electron chi connectivity index (χ1n) is 8.68. The van der Waals surface area contributed by atoms with Crippen molar-refractivity contribution in [2.24, 2.45) is 0 Å². The molecule has 6 heteroatoms. The van der Waals surface area contributed by atoms with E-state index in [1.807, 2.05) is 50.2 Å². The number of hydrogen-bond acceptors (Lipinski definition) is 6. The summed E-state index contributed by atoms with van der Waals surface area (Å²) in [5, 5.41) is 6.78. The van der Waals surface area contributed by atoms with Gasteiger partial charge in [0.25, 0.3) is 0 Å². The summed E-state index contributed by atoms with van der Waals surface area (Å²) in [6, 6.07) is 11.7. The van der Waals surface area contributed by atoms with Gasteiger partial charge < -0.3 is 15.4 Å². The highest BCUT2D eigenvalue weighted by molar-refractivity contribution is 5.73. The summed E-state index contributed by atoms with van der Waals surface area (Å²) in [6.07, 6.45) is 7.23. The molecule has 0 amide bonds. The molecule has 0 atom stereocenters. The van der Waals surface area contributed by atoms with Crippen molar-refractivity contribution in [3.8, 4) is 17.1 Å². The van der Waals surface area contributed by atoms with Crippen LogP contribution in [0, 0.1) is 0 Å². The number of nitrogens with one attached hydrogen (secondary N) is 2. The Kier molecular flexibility index (Phi) is 5.98. The molecule has 26 heavy (non-hydrogen) atoms. The second-order valence-electron chi connectivity index (χ2n) is 6.04. The highest BCUT2D eigenvalue weighted by atomic mass is 16.5. The molecule has 134 valence electrons. The van der Waals surface area contributed by atoms with E-state index in [0.717, 1.165) is 35.7 Å². The SMILES string of the molecule is CC(C)Oc1ccc(-c2ncccc2NCCNc2ccncc2)cn1. The molecule has 6 nitrogen and oxygen atoms in total. The van der Waals surface area contributed by atoms with Crippen LogP contribution in [0.15, 0.2) is 61.2 Å². The molecule has 0 fully saturated rings. The molecule has 0 aliphatic rings. The topological polar surface area (TPSA) is 72.0 Å². The third kappa shape index (κ3) is 4.92. The number of aromatic nitrogens is 3. The highest BCUT2D eigenvalue weighted by Crippen LogP contribution is 2.25. The van der Waals surface area contributed by atoms with Crippen molar-refractivity contribution in [1.82, 2.24) is 15.0 Å². The first kappa shape index (κ1) is 17.7. The molecule has 3 heterocycles. The number of hydrogen-bond donors (Lipinski definition) is 2. The summed E-state index contributed by atoms with van der Waals surface area (Å²) in [4.78, 5) is 12.9. The molecule has 0 unspecified atom stereocenters. The van der Waals surface area contributed by atoms with Crippen LogP contribution in [-0.4, -0.2) is 34.1 Å². The summed E-state index contributed by atoms with van der Waals surface area (Å²) in [7, 11) is 0. The van der Waals surface area contributed by atoms with Crippen LogP contribution in [0.2, 0.25) is 0 Å². The van der Waals surface area contributed by atoms with E-state index in [0.29, 0.717) is 5.88 Å². The average Bonchev–Trinajstić information content (AvgIpc) is 2.67. The zero-order chi connectivity index (χ0) is 18.2. The van der Waals surface area contributed by atoms with Crippen molar-refractivity contribution in [1.29, 1.82) is 0 Å². The molecule has 0 saturated carbocycles. The van der Waals surface area contributed by atoms with Gasteiger partial charge in [-0.05, 0) is 44.2 Å². The van der Waals surface area contributed by atoms with E-state index in [-0.39, 0.29) is 6.10 Å². The van der Waals surface area contributed by atoms with Crippen LogP contribution < -0.4 is 15.4 Å². The second kappa shape index (κ2) is 8.80. The normalized spacial score (nSPS) is 10.6. The van der Waals surface area contributed by atoms with E-state index in [9.17, 15) is 0 Å². The Morgan fingerprint density at radius 1 is 0.923 bits per heavy atom. The van der Waals surface area contributed by atoms with Gasteiger partial charge in [-0.3, -0.25) is 9.97 Å². The van der Waals surface area contributed by atoms with Crippen LogP contribution in [0.25, 0.3) is 11.3 Å². The summed E-state index contributed by atoms with van der Waals surface area (Å²) >= 11 is 0. The summed E-state index contributed by atoms with van der Waals surface area (Å²) in [6.45, 7) is 5.52. The maximum absolute atomic E-state index is 5.60. The van der Waals surface area contributed by atoms with Crippen molar-refractivity contribution in [2.75, 3.05) is 23.7 Å². The quantitative estimate of drug-likeness (QED) is 0.602. The van der Waals surface area contributed by atoms with E-state index in [4.69, 9.17) is 4.74 Å². The Bertz CT molecular complexity index is 806. The van der Waals surface area contributed by atoms with Crippen LogP contribution in [0.4, 0.5) is 11.4 Å². The van der Waals surface area contributed by atoms with E-state index in [2.05, 4.69) is 25.6 Å². The van der Waals surface area contributed by atoms with E-state index in [1.165, 1.54) is 0 Å². The molecule has 3 rings (SSSR count). The second-order valence-corrected chi connectivity index (χ2v) is 6.04. The van der Waals surface area contributed by atoms with Gasteiger partial charge in [-0.15, -0.1) is 0 Å². The molecule has 0 bridgehead atoms. The number of nitrogens with zero attached hydrogens (tertiary/aromatic N) is 3. The first-order chi connectivity index (χ1) is 12.7. The van der Waals surface area contributed by atoms with Gasteiger partial charge >= 0.3 is 0 Å². The Balaban J connectivity index is 1.62. The maximum Gasteiger partial charge on any atom is 0.213 e. The van der Waals surface area contributed by atoms with E-state index < -0.39 is 0 Å². The minimum absolute atomic E-state index is 0.105. The van der Waals surface area contributed by atoms with Gasteiger partial charge in [0.2, 0.25) is 5.88 Å². The van der Waals surface area contributed by atoms with Crippen LogP contribution in [0.1, 0.15) is 13.8 Å². The van der Waals surface area contributed by atoms with Gasteiger partial charge in [0.05, 0.1) is 17.5 Å². The predicted octanol–water partition coefficient (Wildman–Crippen LogP) is 3.85. The summed E-state index contributed by atoms with van der Waals surface area (Å²) in [5.41, 5.74) is 3.85. The van der Waals surface area contributed by atoms with Gasteiger partial charge in [-0.1, -0.05) is 0 Å². The van der Waals surface area contributed by atoms with Crippen LogP contribution in [0.3, 0.4) is 0 Å². The largest absolute Gasteiger partial charge is 0.475 e.